The van der Waals surface area contributed by atoms with Gasteiger partial charge in [0.05, 0.1) is 12.5 Å². The minimum absolute atomic E-state index is 0.00176. The Morgan fingerprint density at radius 3 is 2.68 bits per heavy atom. The molecular formula is C22H32N2O4. The molecule has 0 aliphatic carbocycles. The van der Waals surface area contributed by atoms with Crippen molar-refractivity contribution >= 4 is 17.6 Å². The van der Waals surface area contributed by atoms with Crippen molar-refractivity contribution in [3.63, 3.8) is 0 Å². The second kappa shape index (κ2) is 9.41. The molecule has 2 saturated heterocycles. The summed E-state index contributed by atoms with van der Waals surface area (Å²) < 4.78 is 5.85. The lowest BCUT2D eigenvalue weighted by molar-refractivity contribution is -0.143. The fourth-order valence-electron chi connectivity index (χ4n) is 4.47. The molecule has 0 bridgehead atoms. The molecule has 1 aromatic rings. The SMILES string of the molecule is CCC(C(=O)O)C1CC(=O)N(c2ccc(OCCCN3CCCC3C)cc2)C1. The van der Waals surface area contributed by atoms with Crippen LogP contribution in [0.25, 0.3) is 0 Å². The van der Waals surface area contributed by atoms with Crippen LogP contribution in [0.2, 0.25) is 0 Å². The van der Waals surface area contributed by atoms with E-state index in [0.717, 1.165) is 24.4 Å². The van der Waals surface area contributed by atoms with Gasteiger partial charge in [-0.3, -0.25) is 9.59 Å². The van der Waals surface area contributed by atoms with Gasteiger partial charge in [-0.25, -0.2) is 0 Å². The molecule has 28 heavy (non-hydrogen) atoms. The number of carboxylic acids is 1. The summed E-state index contributed by atoms with van der Waals surface area (Å²) in [5.74, 6) is -0.598. The van der Waals surface area contributed by atoms with Gasteiger partial charge in [-0.2, -0.15) is 0 Å². The summed E-state index contributed by atoms with van der Waals surface area (Å²) in [6.45, 7) is 7.58. The Labute approximate surface area is 167 Å². The van der Waals surface area contributed by atoms with E-state index in [1.165, 1.54) is 19.4 Å². The number of carbonyl (C=O) groups excluding carboxylic acids is 1. The molecule has 2 heterocycles. The number of rotatable bonds is 9. The standard InChI is InChI=1S/C22H32N2O4/c1-3-20(22(26)27)17-14-21(25)24(15-17)18-7-9-19(10-8-18)28-13-5-12-23-11-4-6-16(23)2/h7-10,16-17,20H,3-6,11-15H2,1-2H3,(H,26,27). The maximum atomic E-state index is 12.4. The third kappa shape index (κ3) is 4.85. The van der Waals surface area contributed by atoms with Crippen molar-refractivity contribution in [1.29, 1.82) is 0 Å². The fourth-order valence-corrected chi connectivity index (χ4v) is 4.47. The molecule has 2 aliphatic heterocycles. The molecule has 0 saturated carbocycles. The third-order valence-corrected chi connectivity index (χ3v) is 6.18. The Morgan fingerprint density at radius 2 is 2.07 bits per heavy atom. The van der Waals surface area contributed by atoms with Crippen LogP contribution in [0.5, 0.6) is 5.75 Å². The smallest absolute Gasteiger partial charge is 0.306 e. The molecule has 3 unspecified atom stereocenters. The zero-order valence-electron chi connectivity index (χ0n) is 17.0. The van der Waals surface area contributed by atoms with Crippen LogP contribution in [0, 0.1) is 11.8 Å². The van der Waals surface area contributed by atoms with Crippen LogP contribution in [0.15, 0.2) is 24.3 Å². The molecule has 2 aliphatic rings. The summed E-state index contributed by atoms with van der Waals surface area (Å²) in [4.78, 5) is 28.0. The number of carboxylic acid groups (broad SMARTS) is 1. The molecule has 2 fully saturated rings. The van der Waals surface area contributed by atoms with Crippen LogP contribution in [0.1, 0.15) is 46.0 Å². The molecule has 154 valence electrons. The van der Waals surface area contributed by atoms with Gasteiger partial charge in [0.15, 0.2) is 0 Å². The first-order chi connectivity index (χ1) is 13.5. The van der Waals surface area contributed by atoms with E-state index in [2.05, 4.69) is 11.8 Å². The van der Waals surface area contributed by atoms with E-state index in [-0.39, 0.29) is 11.8 Å². The average molecular weight is 389 g/mol. The second-order valence-corrected chi connectivity index (χ2v) is 8.04. The van der Waals surface area contributed by atoms with E-state index in [0.29, 0.717) is 32.0 Å². The van der Waals surface area contributed by atoms with E-state index in [9.17, 15) is 14.7 Å². The fraction of sp³-hybridized carbons (Fsp3) is 0.636. The van der Waals surface area contributed by atoms with Crippen molar-refractivity contribution in [3.05, 3.63) is 24.3 Å². The van der Waals surface area contributed by atoms with E-state index in [1.807, 2.05) is 31.2 Å². The predicted molar refractivity (Wildman–Crippen MR) is 109 cm³/mol. The van der Waals surface area contributed by atoms with E-state index < -0.39 is 11.9 Å². The first-order valence-electron chi connectivity index (χ1n) is 10.5. The van der Waals surface area contributed by atoms with Crippen LogP contribution < -0.4 is 9.64 Å². The summed E-state index contributed by atoms with van der Waals surface area (Å²) in [6, 6.07) is 8.25. The van der Waals surface area contributed by atoms with Crippen molar-refractivity contribution in [2.75, 3.05) is 31.1 Å². The quantitative estimate of drug-likeness (QED) is 0.657. The zero-order chi connectivity index (χ0) is 20.1. The van der Waals surface area contributed by atoms with Crippen molar-refractivity contribution in [2.24, 2.45) is 11.8 Å². The molecule has 1 N–H and O–H groups in total. The van der Waals surface area contributed by atoms with Crippen LogP contribution >= 0.6 is 0 Å². The monoisotopic (exact) mass is 388 g/mol. The zero-order valence-corrected chi connectivity index (χ0v) is 17.0. The van der Waals surface area contributed by atoms with Crippen LogP contribution in [0.3, 0.4) is 0 Å². The Balaban J connectivity index is 1.48. The van der Waals surface area contributed by atoms with Gasteiger partial charge in [0.2, 0.25) is 5.91 Å². The largest absolute Gasteiger partial charge is 0.494 e. The maximum Gasteiger partial charge on any atom is 0.306 e. The number of benzene rings is 1. The van der Waals surface area contributed by atoms with Gasteiger partial charge in [-0.15, -0.1) is 0 Å². The van der Waals surface area contributed by atoms with Crippen LogP contribution in [-0.2, 0) is 9.59 Å². The number of hydrogen-bond acceptors (Lipinski definition) is 4. The van der Waals surface area contributed by atoms with Gasteiger partial charge in [0, 0.05) is 31.2 Å². The van der Waals surface area contributed by atoms with E-state index >= 15 is 0 Å². The van der Waals surface area contributed by atoms with Crippen LogP contribution in [0.4, 0.5) is 5.69 Å². The first kappa shape index (κ1) is 20.6. The summed E-state index contributed by atoms with van der Waals surface area (Å²) in [5.41, 5.74) is 0.811. The minimum Gasteiger partial charge on any atom is -0.494 e. The highest BCUT2D eigenvalue weighted by molar-refractivity contribution is 5.96. The lowest BCUT2D eigenvalue weighted by Gasteiger charge is -2.21. The Hall–Kier alpha value is -2.08. The molecule has 0 radical (unpaired) electrons. The number of amides is 1. The molecule has 6 heteroatoms. The van der Waals surface area contributed by atoms with Crippen molar-refractivity contribution in [1.82, 2.24) is 4.90 Å². The van der Waals surface area contributed by atoms with E-state index in [4.69, 9.17) is 4.74 Å². The molecule has 0 aromatic heterocycles. The van der Waals surface area contributed by atoms with Gasteiger partial charge < -0.3 is 19.6 Å². The summed E-state index contributed by atoms with van der Waals surface area (Å²) in [6.07, 6.45) is 4.45. The average Bonchev–Trinajstić information content (AvgIpc) is 3.25. The molecular weight excluding hydrogens is 356 g/mol. The number of anilines is 1. The molecule has 1 amide bonds. The van der Waals surface area contributed by atoms with Gasteiger partial charge in [0.25, 0.3) is 0 Å². The van der Waals surface area contributed by atoms with Crippen molar-refractivity contribution in [3.8, 4) is 5.75 Å². The summed E-state index contributed by atoms with van der Waals surface area (Å²) in [5, 5.41) is 9.35. The topological polar surface area (TPSA) is 70.1 Å². The number of carbonyl (C=O) groups is 2. The number of likely N-dealkylation sites (tertiary alicyclic amines) is 1. The third-order valence-electron chi connectivity index (χ3n) is 6.18. The second-order valence-electron chi connectivity index (χ2n) is 8.04. The molecule has 1 aromatic carbocycles. The Bertz CT molecular complexity index is 676. The van der Waals surface area contributed by atoms with Gasteiger partial charge in [-0.1, -0.05) is 6.92 Å². The molecule has 6 nitrogen and oxygen atoms in total. The number of hydrogen-bond donors (Lipinski definition) is 1. The number of nitrogens with zero attached hydrogens (tertiary/aromatic N) is 2. The minimum atomic E-state index is -0.811. The normalized spacial score (nSPS) is 23.9. The Kier molecular flexibility index (Phi) is 6.94. The number of aliphatic carboxylic acids is 1. The van der Waals surface area contributed by atoms with Crippen LogP contribution in [-0.4, -0.2) is 54.2 Å². The Morgan fingerprint density at radius 1 is 1.32 bits per heavy atom. The summed E-state index contributed by atoms with van der Waals surface area (Å²) >= 11 is 0. The lowest BCUT2D eigenvalue weighted by atomic mass is 9.89. The van der Waals surface area contributed by atoms with Crippen molar-refractivity contribution in [2.45, 2.75) is 52.0 Å². The summed E-state index contributed by atoms with van der Waals surface area (Å²) in [7, 11) is 0. The predicted octanol–water partition coefficient (Wildman–Crippen LogP) is 3.40. The van der Waals surface area contributed by atoms with E-state index in [1.54, 1.807) is 4.90 Å². The first-order valence-corrected chi connectivity index (χ1v) is 10.5. The number of ether oxygens (including phenoxy) is 1. The highest BCUT2D eigenvalue weighted by Crippen LogP contribution is 2.32. The molecule has 0 spiro atoms. The van der Waals surface area contributed by atoms with Gasteiger partial charge >= 0.3 is 5.97 Å². The molecule has 3 rings (SSSR count). The highest BCUT2D eigenvalue weighted by atomic mass is 16.5. The van der Waals surface area contributed by atoms with Gasteiger partial charge in [0.1, 0.15) is 5.75 Å². The molecule has 3 atom stereocenters. The van der Waals surface area contributed by atoms with Crippen molar-refractivity contribution < 1.29 is 19.4 Å². The van der Waals surface area contributed by atoms with Gasteiger partial charge in [-0.05, 0) is 69.3 Å². The highest BCUT2D eigenvalue weighted by Gasteiger charge is 2.37. The lowest BCUT2D eigenvalue weighted by Crippen LogP contribution is -2.28. The maximum absolute atomic E-state index is 12.4.